The molecule has 0 bridgehead atoms. The van der Waals surface area contributed by atoms with Crippen molar-refractivity contribution in [3.63, 3.8) is 0 Å². The number of hydrogen-bond acceptors (Lipinski definition) is 4. The summed E-state index contributed by atoms with van der Waals surface area (Å²) in [5, 5.41) is 3.29. The first-order valence-corrected chi connectivity index (χ1v) is 9.15. The molecule has 5 nitrogen and oxygen atoms in total. The van der Waals surface area contributed by atoms with Gasteiger partial charge < -0.3 is 10.1 Å². The van der Waals surface area contributed by atoms with Crippen molar-refractivity contribution in [3.05, 3.63) is 59.5 Å². The number of halogens is 2. The highest BCUT2D eigenvalue weighted by Gasteiger charge is 2.12. The molecule has 0 atom stereocenters. The number of hydrogen-bond donors (Lipinski definition) is 1. The van der Waals surface area contributed by atoms with E-state index in [1.807, 2.05) is 13.0 Å². The first-order chi connectivity index (χ1) is 14.0. The second kappa shape index (κ2) is 9.23. The number of carbonyl (C=O) groups is 2. The quantitative estimate of drug-likeness (QED) is 0.521. The Morgan fingerprint density at radius 2 is 2.07 bits per heavy atom. The van der Waals surface area contributed by atoms with E-state index in [0.29, 0.717) is 28.7 Å². The van der Waals surface area contributed by atoms with E-state index in [4.69, 9.17) is 4.74 Å². The van der Waals surface area contributed by atoms with Gasteiger partial charge in [0.25, 0.3) is 0 Å². The minimum Gasteiger partial charge on any atom is -0.456 e. The molecule has 150 valence electrons. The van der Waals surface area contributed by atoms with Crippen molar-refractivity contribution in [3.8, 4) is 11.5 Å². The average Bonchev–Trinajstić information content (AvgIpc) is 2.69. The van der Waals surface area contributed by atoms with Gasteiger partial charge in [-0.1, -0.05) is 6.07 Å². The second-order valence-corrected chi connectivity index (χ2v) is 6.62. The van der Waals surface area contributed by atoms with Gasteiger partial charge in [0.1, 0.15) is 23.1 Å². The van der Waals surface area contributed by atoms with Crippen LogP contribution in [0.5, 0.6) is 11.5 Å². The van der Waals surface area contributed by atoms with Gasteiger partial charge >= 0.3 is 0 Å². The van der Waals surface area contributed by atoms with Crippen LogP contribution in [0.25, 0.3) is 10.9 Å². The maximum Gasteiger partial charge on any atom is 0.211 e. The third kappa shape index (κ3) is 4.93. The summed E-state index contributed by atoms with van der Waals surface area (Å²) in [6.07, 6.45) is 2.33. The Balaban J connectivity index is 1.85. The van der Waals surface area contributed by atoms with Crippen molar-refractivity contribution in [1.82, 2.24) is 4.98 Å². The van der Waals surface area contributed by atoms with Crippen LogP contribution in [0.15, 0.2) is 42.6 Å². The number of ketones is 1. The summed E-state index contributed by atoms with van der Waals surface area (Å²) >= 11 is 0. The molecular formula is C22H20F2N2O3. The highest BCUT2D eigenvalue weighted by Crippen LogP contribution is 2.32. The minimum absolute atomic E-state index is 0.0791. The van der Waals surface area contributed by atoms with E-state index in [9.17, 15) is 18.4 Å². The number of alkyl halides is 1. The molecule has 1 heterocycles. The average molecular weight is 398 g/mol. The fourth-order valence-electron chi connectivity index (χ4n) is 3.01. The Morgan fingerprint density at radius 3 is 2.79 bits per heavy atom. The van der Waals surface area contributed by atoms with Gasteiger partial charge in [0.2, 0.25) is 6.41 Å². The van der Waals surface area contributed by atoms with Gasteiger partial charge in [0, 0.05) is 36.2 Å². The highest BCUT2D eigenvalue weighted by molar-refractivity contribution is 5.91. The van der Waals surface area contributed by atoms with Crippen LogP contribution in [0.4, 0.5) is 14.5 Å². The van der Waals surface area contributed by atoms with Gasteiger partial charge in [-0.05, 0) is 48.7 Å². The molecule has 1 N–H and O–H groups in total. The van der Waals surface area contributed by atoms with Crippen molar-refractivity contribution >= 4 is 28.8 Å². The molecule has 7 heteroatoms. The van der Waals surface area contributed by atoms with Gasteiger partial charge in [-0.2, -0.15) is 0 Å². The molecule has 0 saturated carbocycles. The van der Waals surface area contributed by atoms with Crippen molar-refractivity contribution in [2.24, 2.45) is 0 Å². The zero-order chi connectivity index (χ0) is 20.8. The fourth-order valence-corrected chi connectivity index (χ4v) is 3.01. The Morgan fingerprint density at radius 1 is 1.24 bits per heavy atom. The number of anilines is 1. The van der Waals surface area contributed by atoms with E-state index in [1.54, 1.807) is 24.4 Å². The first kappa shape index (κ1) is 20.4. The van der Waals surface area contributed by atoms with Crippen LogP contribution < -0.4 is 10.1 Å². The molecule has 0 aliphatic rings. The third-order valence-corrected chi connectivity index (χ3v) is 4.49. The predicted octanol–water partition coefficient (Wildman–Crippen LogP) is 4.90. The normalized spacial score (nSPS) is 10.7. The predicted molar refractivity (Wildman–Crippen MR) is 107 cm³/mol. The van der Waals surface area contributed by atoms with Crippen LogP contribution in [0.1, 0.15) is 24.0 Å². The lowest BCUT2D eigenvalue weighted by atomic mass is 10.1. The first-order valence-electron chi connectivity index (χ1n) is 9.15. The zero-order valence-corrected chi connectivity index (χ0v) is 15.9. The summed E-state index contributed by atoms with van der Waals surface area (Å²) in [5.74, 6) is -0.0508. The van der Waals surface area contributed by atoms with Crippen molar-refractivity contribution < 1.29 is 23.1 Å². The topological polar surface area (TPSA) is 68.3 Å². The van der Waals surface area contributed by atoms with E-state index < -0.39 is 12.5 Å². The molecular weight excluding hydrogens is 378 g/mol. The molecule has 1 amide bonds. The van der Waals surface area contributed by atoms with Gasteiger partial charge in [0.05, 0.1) is 12.2 Å². The third-order valence-electron chi connectivity index (χ3n) is 4.49. The molecule has 1 aromatic heterocycles. The molecule has 0 radical (unpaired) electrons. The van der Waals surface area contributed by atoms with Crippen molar-refractivity contribution in [2.45, 2.75) is 26.2 Å². The molecule has 29 heavy (non-hydrogen) atoms. The number of nitrogens with zero attached hydrogens (tertiary/aromatic N) is 1. The van der Waals surface area contributed by atoms with Crippen LogP contribution in [0.3, 0.4) is 0 Å². The van der Waals surface area contributed by atoms with E-state index in [-0.39, 0.29) is 36.4 Å². The summed E-state index contributed by atoms with van der Waals surface area (Å²) in [5.41, 5.74) is 2.39. The minimum atomic E-state index is -0.565. The molecule has 3 aromatic rings. The summed E-state index contributed by atoms with van der Waals surface area (Å²) in [4.78, 5) is 26.9. The smallest absolute Gasteiger partial charge is 0.211 e. The summed E-state index contributed by atoms with van der Waals surface area (Å²) in [7, 11) is 0. The molecule has 0 unspecified atom stereocenters. The molecule has 3 rings (SSSR count). The van der Waals surface area contributed by atoms with Crippen LogP contribution >= 0.6 is 0 Å². The Kier molecular flexibility index (Phi) is 6.49. The SMILES string of the molecule is Cc1cc2nccc(Oc3ccc(CC(=O)CCCF)c(F)c3)c2cc1NC=O. The number of ether oxygens (including phenoxy) is 1. The zero-order valence-electron chi connectivity index (χ0n) is 15.9. The van der Waals surface area contributed by atoms with Gasteiger partial charge in [0.15, 0.2) is 0 Å². The molecule has 0 spiro atoms. The monoisotopic (exact) mass is 398 g/mol. The van der Waals surface area contributed by atoms with Crippen LogP contribution in [-0.2, 0) is 16.0 Å². The fraction of sp³-hybridized carbons (Fsp3) is 0.227. The number of aryl methyl sites for hydroxylation is 1. The van der Waals surface area contributed by atoms with E-state index in [2.05, 4.69) is 10.3 Å². The van der Waals surface area contributed by atoms with Crippen molar-refractivity contribution in [2.75, 3.05) is 12.0 Å². The maximum absolute atomic E-state index is 14.4. The number of aromatic nitrogens is 1. The van der Waals surface area contributed by atoms with Gasteiger partial charge in [-0.25, -0.2) is 4.39 Å². The summed E-state index contributed by atoms with van der Waals surface area (Å²) < 4.78 is 32.4. The van der Waals surface area contributed by atoms with E-state index in [1.165, 1.54) is 12.1 Å². The number of fused-ring (bicyclic) bond motifs is 1. The van der Waals surface area contributed by atoms with Crippen LogP contribution in [0.2, 0.25) is 0 Å². The Labute approximate surface area is 166 Å². The number of rotatable bonds is 9. The number of amides is 1. The van der Waals surface area contributed by atoms with Crippen LogP contribution in [-0.4, -0.2) is 23.9 Å². The number of nitrogens with one attached hydrogen (secondary N) is 1. The Hall–Kier alpha value is -3.35. The highest BCUT2D eigenvalue weighted by atomic mass is 19.1. The summed E-state index contributed by atoms with van der Waals surface area (Å²) in [6, 6.07) is 9.49. The maximum atomic E-state index is 14.4. The molecule has 0 aliphatic heterocycles. The largest absolute Gasteiger partial charge is 0.456 e. The van der Waals surface area contributed by atoms with Gasteiger partial charge in [-0.15, -0.1) is 0 Å². The lowest BCUT2D eigenvalue weighted by Crippen LogP contribution is -2.05. The van der Waals surface area contributed by atoms with Gasteiger partial charge in [-0.3, -0.25) is 19.0 Å². The summed E-state index contributed by atoms with van der Waals surface area (Å²) in [6.45, 7) is 1.29. The molecule has 0 saturated heterocycles. The number of carbonyl (C=O) groups excluding carboxylic acids is 2. The Bertz CT molecular complexity index is 1050. The molecule has 0 fully saturated rings. The second-order valence-electron chi connectivity index (χ2n) is 6.62. The molecule has 2 aromatic carbocycles. The van der Waals surface area contributed by atoms with Crippen molar-refractivity contribution in [1.29, 1.82) is 0 Å². The molecule has 0 aliphatic carbocycles. The lowest BCUT2D eigenvalue weighted by molar-refractivity contribution is -0.118. The van der Waals surface area contributed by atoms with E-state index in [0.717, 1.165) is 5.56 Å². The van der Waals surface area contributed by atoms with Crippen LogP contribution in [0, 0.1) is 12.7 Å². The number of Topliss-reactive ketones (excluding diaryl/α,β-unsaturated/α-hetero) is 1. The number of benzene rings is 2. The number of pyridine rings is 1. The standard InChI is InChI=1S/C22H20F2N2O3/c1-14-9-21-18(12-20(14)26-13-27)22(6-8-25-21)29-17-5-4-15(19(24)11-17)10-16(28)3-2-7-23/h4-6,8-9,11-13H,2-3,7,10H2,1H3,(H,26,27). The van der Waals surface area contributed by atoms with E-state index >= 15 is 0 Å². The lowest BCUT2D eigenvalue weighted by Gasteiger charge is -2.12.